The van der Waals surface area contributed by atoms with Gasteiger partial charge < -0.3 is 14.6 Å². The van der Waals surface area contributed by atoms with Crippen LogP contribution in [-0.2, 0) is 14.3 Å². The number of hydrogen-bond donors (Lipinski definition) is 0. The first-order valence-electron chi connectivity index (χ1n) is 9.19. The van der Waals surface area contributed by atoms with Crippen molar-refractivity contribution in [2.75, 3.05) is 6.61 Å². The minimum atomic E-state index is -1.11. The molecule has 0 aromatic carbocycles. The van der Waals surface area contributed by atoms with Gasteiger partial charge in [-0.1, -0.05) is 51.2 Å². The first-order chi connectivity index (χ1) is 11.2. The first kappa shape index (κ1) is 23.7. The second-order valence-electron chi connectivity index (χ2n) is 6.45. The maximum atomic E-state index is 12.0. The van der Waals surface area contributed by atoms with Gasteiger partial charge in [-0.05, 0) is 38.5 Å². The molecule has 132 valence electrons. The Morgan fingerprint density at radius 1 is 1.00 bits per heavy atom. The van der Waals surface area contributed by atoms with Crippen LogP contribution < -0.4 is 34.7 Å². The van der Waals surface area contributed by atoms with Crippen LogP contribution in [0.25, 0.3) is 0 Å². The van der Waals surface area contributed by atoms with Gasteiger partial charge in [0, 0.05) is 11.9 Å². The molecule has 0 N–H and O–H groups in total. The van der Waals surface area contributed by atoms with Crippen LogP contribution in [0, 0.1) is 11.8 Å². The number of carboxylic acids is 1. The largest absolute Gasteiger partial charge is 1.00 e. The summed E-state index contributed by atoms with van der Waals surface area (Å²) in [5.41, 5.74) is 0. The summed E-state index contributed by atoms with van der Waals surface area (Å²) in [7, 11) is 0. The van der Waals surface area contributed by atoms with Gasteiger partial charge in [0.25, 0.3) is 0 Å². The number of allylic oxidation sites excluding steroid dienone is 2. The number of ether oxygens (including phenoxy) is 1. The monoisotopic (exact) mass is 346 g/mol. The number of carbonyl (C=O) groups is 2. The van der Waals surface area contributed by atoms with Gasteiger partial charge >= 0.3 is 35.5 Å². The predicted octanol–water partition coefficient (Wildman–Crippen LogP) is 0.397. The predicted molar refractivity (Wildman–Crippen MR) is 88.5 cm³/mol. The molecular formula is C19H31NaO4. The van der Waals surface area contributed by atoms with Crippen molar-refractivity contribution in [3.8, 4) is 0 Å². The van der Waals surface area contributed by atoms with Crippen LogP contribution in [0.15, 0.2) is 12.2 Å². The molecule has 0 aliphatic heterocycles. The molecule has 1 aliphatic carbocycles. The Labute approximate surface area is 168 Å². The Balaban J connectivity index is 0.00000529. The zero-order chi connectivity index (χ0) is 16.9. The second kappa shape index (κ2) is 15.0. The van der Waals surface area contributed by atoms with Crippen LogP contribution in [0.2, 0.25) is 0 Å². The van der Waals surface area contributed by atoms with Crippen molar-refractivity contribution >= 4 is 11.9 Å². The minimum Gasteiger partial charge on any atom is -0.550 e. The van der Waals surface area contributed by atoms with E-state index in [0.717, 1.165) is 44.9 Å². The molecule has 2 atom stereocenters. The van der Waals surface area contributed by atoms with E-state index in [1.165, 1.54) is 12.8 Å². The zero-order valence-corrected chi connectivity index (χ0v) is 17.4. The van der Waals surface area contributed by atoms with Crippen molar-refractivity contribution in [2.24, 2.45) is 11.8 Å². The molecule has 1 fully saturated rings. The van der Waals surface area contributed by atoms with Crippen molar-refractivity contribution < 1.29 is 49.0 Å². The molecular weight excluding hydrogens is 315 g/mol. The molecule has 24 heavy (non-hydrogen) atoms. The number of unbranched alkanes of at least 4 members (excludes halogenated alkanes) is 5. The number of hydrogen-bond acceptors (Lipinski definition) is 4. The van der Waals surface area contributed by atoms with Crippen molar-refractivity contribution in [3.05, 3.63) is 12.2 Å². The van der Waals surface area contributed by atoms with Gasteiger partial charge in [-0.2, -0.15) is 0 Å². The smallest absolute Gasteiger partial charge is 0.550 e. The van der Waals surface area contributed by atoms with E-state index in [1.54, 1.807) is 0 Å². The molecule has 4 nitrogen and oxygen atoms in total. The summed E-state index contributed by atoms with van der Waals surface area (Å²) < 4.78 is 5.28. The molecule has 2 unspecified atom stereocenters. The number of carboxylic acid groups (broad SMARTS) is 1. The number of carbonyl (C=O) groups excluding carboxylic acids is 2. The molecule has 0 spiro atoms. The van der Waals surface area contributed by atoms with Crippen molar-refractivity contribution in [3.63, 3.8) is 0 Å². The van der Waals surface area contributed by atoms with Crippen LogP contribution in [0.1, 0.15) is 77.6 Å². The Hall–Kier alpha value is -0.320. The molecule has 0 bridgehead atoms. The Kier molecular flexibility index (Phi) is 14.8. The van der Waals surface area contributed by atoms with Gasteiger partial charge in [0.2, 0.25) is 0 Å². The van der Waals surface area contributed by atoms with Crippen molar-refractivity contribution in [2.45, 2.75) is 77.6 Å². The molecule has 1 aliphatic rings. The van der Waals surface area contributed by atoms with Crippen LogP contribution in [0.3, 0.4) is 0 Å². The van der Waals surface area contributed by atoms with Crippen molar-refractivity contribution in [1.29, 1.82) is 0 Å². The van der Waals surface area contributed by atoms with E-state index in [9.17, 15) is 14.7 Å². The second-order valence-corrected chi connectivity index (χ2v) is 6.45. The zero-order valence-electron chi connectivity index (χ0n) is 15.4. The van der Waals surface area contributed by atoms with Gasteiger partial charge in [-0.25, -0.2) is 0 Å². The average molecular weight is 346 g/mol. The summed E-state index contributed by atoms with van der Waals surface area (Å²) >= 11 is 0. The number of rotatable bonds is 11. The SMILES string of the molecule is CCC/C=C/CCCCCCOC(=O)C1CCCCC1C(=O)[O-].[Na+]. The van der Waals surface area contributed by atoms with Crippen LogP contribution in [0.5, 0.6) is 0 Å². The van der Waals surface area contributed by atoms with Crippen LogP contribution in [-0.4, -0.2) is 18.5 Å². The average Bonchev–Trinajstić information content (AvgIpc) is 2.56. The molecule has 1 rings (SSSR count). The first-order valence-corrected chi connectivity index (χ1v) is 9.19. The van der Waals surface area contributed by atoms with E-state index < -0.39 is 17.8 Å². The van der Waals surface area contributed by atoms with E-state index in [2.05, 4.69) is 19.1 Å². The normalized spacial score (nSPS) is 20.5. The molecule has 5 heteroatoms. The molecule has 0 heterocycles. The molecule has 0 aromatic heterocycles. The van der Waals surface area contributed by atoms with Gasteiger partial charge in [0.05, 0.1) is 12.5 Å². The van der Waals surface area contributed by atoms with E-state index in [1.807, 2.05) is 0 Å². The maximum absolute atomic E-state index is 12.0. The number of aliphatic carboxylic acids is 1. The number of esters is 1. The van der Waals surface area contributed by atoms with E-state index in [0.29, 0.717) is 19.4 Å². The minimum absolute atomic E-state index is 0. The maximum Gasteiger partial charge on any atom is 1.00 e. The van der Waals surface area contributed by atoms with Gasteiger partial charge in [0.15, 0.2) is 0 Å². The van der Waals surface area contributed by atoms with Crippen molar-refractivity contribution in [1.82, 2.24) is 0 Å². The standard InChI is InChI=1S/C19H32O4.Na/c1-2-3-4-5-6-7-8-9-12-15-23-19(22)17-14-11-10-13-16(17)18(20)21;/h4-5,16-17H,2-3,6-15H2,1H3,(H,20,21);/q;+1/p-1/b5-4+;. The molecule has 0 aromatic rings. The summed E-state index contributed by atoms with van der Waals surface area (Å²) in [6.45, 7) is 2.58. The van der Waals surface area contributed by atoms with Crippen LogP contribution in [0.4, 0.5) is 0 Å². The third-order valence-electron chi connectivity index (χ3n) is 4.50. The Bertz CT molecular complexity index is 382. The molecule has 0 saturated heterocycles. The van der Waals surface area contributed by atoms with Gasteiger partial charge in [-0.15, -0.1) is 0 Å². The summed E-state index contributed by atoms with van der Waals surface area (Å²) in [4.78, 5) is 23.1. The Morgan fingerprint density at radius 3 is 2.29 bits per heavy atom. The fourth-order valence-corrected chi connectivity index (χ4v) is 3.10. The third-order valence-corrected chi connectivity index (χ3v) is 4.50. The van der Waals surface area contributed by atoms with E-state index in [-0.39, 0.29) is 35.5 Å². The van der Waals surface area contributed by atoms with Gasteiger partial charge in [0.1, 0.15) is 0 Å². The summed E-state index contributed by atoms with van der Waals surface area (Å²) in [5.74, 6) is -2.62. The molecule has 1 saturated carbocycles. The molecule has 0 radical (unpaired) electrons. The summed E-state index contributed by atoms with van der Waals surface area (Å²) in [6.07, 6.45) is 15.1. The molecule has 0 amide bonds. The summed E-state index contributed by atoms with van der Waals surface area (Å²) in [5, 5.41) is 11.1. The topological polar surface area (TPSA) is 66.4 Å². The fourth-order valence-electron chi connectivity index (χ4n) is 3.10. The fraction of sp³-hybridized carbons (Fsp3) is 0.789. The van der Waals surface area contributed by atoms with Gasteiger partial charge in [-0.3, -0.25) is 4.79 Å². The third kappa shape index (κ3) is 9.85. The van der Waals surface area contributed by atoms with E-state index in [4.69, 9.17) is 4.74 Å². The summed E-state index contributed by atoms with van der Waals surface area (Å²) in [6, 6.07) is 0. The quantitative estimate of drug-likeness (QED) is 0.235. The van der Waals surface area contributed by atoms with Crippen LogP contribution >= 0.6 is 0 Å². The van der Waals surface area contributed by atoms with E-state index >= 15 is 0 Å². The Morgan fingerprint density at radius 2 is 1.62 bits per heavy atom.